The summed E-state index contributed by atoms with van der Waals surface area (Å²) in [4.78, 5) is 13.9. The number of anilines is 1. The van der Waals surface area contributed by atoms with Crippen LogP contribution in [-0.2, 0) is 4.74 Å². The van der Waals surface area contributed by atoms with Crippen molar-refractivity contribution in [3.8, 4) is 5.88 Å². The summed E-state index contributed by atoms with van der Waals surface area (Å²) in [5.74, 6) is 0.0831. The third kappa shape index (κ3) is 3.06. The average Bonchev–Trinajstić information content (AvgIpc) is 2.17. The third-order valence-corrected chi connectivity index (χ3v) is 1.77. The van der Waals surface area contributed by atoms with Gasteiger partial charge in [0.1, 0.15) is 11.9 Å². The molecular weight excluding hydrogens is 214 g/mol. The van der Waals surface area contributed by atoms with Crippen LogP contribution in [0.5, 0.6) is 5.88 Å². The van der Waals surface area contributed by atoms with Gasteiger partial charge in [0.05, 0.1) is 11.5 Å². The first-order valence-corrected chi connectivity index (χ1v) is 4.61. The Hall–Kier alpha value is -1.89. The normalized spacial score (nSPS) is 12.1. The molecule has 1 atom stereocenters. The number of nitrogens with two attached hydrogens (primary N) is 1. The van der Waals surface area contributed by atoms with Crippen molar-refractivity contribution in [2.45, 2.75) is 13.0 Å². The maximum absolute atomic E-state index is 10.7. The van der Waals surface area contributed by atoms with Crippen molar-refractivity contribution in [1.29, 1.82) is 0 Å². The third-order valence-electron chi connectivity index (χ3n) is 1.77. The monoisotopic (exact) mass is 227 g/mol. The van der Waals surface area contributed by atoms with Crippen molar-refractivity contribution in [3.63, 3.8) is 0 Å². The molecule has 1 unspecified atom stereocenters. The molecule has 0 saturated heterocycles. The molecule has 0 spiro atoms. The minimum atomic E-state index is -0.568. The molecule has 0 radical (unpaired) electrons. The largest absolute Gasteiger partial charge is 0.467 e. The molecule has 16 heavy (non-hydrogen) atoms. The van der Waals surface area contributed by atoms with Crippen LogP contribution >= 0.6 is 0 Å². The Morgan fingerprint density at radius 2 is 2.31 bits per heavy atom. The van der Waals surface area contributed by atoms with Gasteiger partial charge in [-0.25, -0.2) is 0 Å². The standard InChI is InChI=1S/C9H13N3O4/c1-6(5-15-2)16-9-7(12(13)14)3-4-8(10)11-9/h3-4,6H,5H2,1-2H3,(H2,10,11). The number of hydrogen-bond donors (Lipinski definition) is 1. The molecule has 1 aromatic heterocycles. The van der Waals surface area contributed by atoms with Gasteiger partial charge in [-0.3, -0.25) is 10.1 Å². The molecule has 0 saturated carbocycles. The van der Waals surface area contributed by atoms with E-state index in [4.69, 9.17) is 15.2 Å². The number of hydrogen-bond acceptors (Lipinski definition) is 6. The van der Waals surface area contributed by atoms with Crippen LogP contribution in [0.25, 0.3) is 0 Å². The smallest absolute Gasteiger partial charge is 0.331 e. The quantitative estimate of drug-likeness (QED) is 0.594. The van der Waals surface area contributed by atoms with Gasteiger partial charge in [-0.2, -0.15) is 4.98 Å². The van der Waals surface area contributed by atoms with Gasteiger partial charge in [-0.1, -0.05) is 0 Å². The molecule has 0 aromatic carbocycles. The van der Waals surface area contributed by atoms with E-state index in [0.717, 1.165) is 0 Å². The first kappa shape index (κ1) is 12.2. The first-order chi connectivity index (χ1) is 7.54. The first-order valence-electron chi connectivity index (χ1n) is 4.61. The number of pyridine rings is 1. The van der Waals surface area contributed by atoms with E-state index in [9.17, 15) is 10.1 Å². The van der Waals surface area contributed by atoms with Crippen molar-refractivity contribution >= 4 is 11.5 Å². The molecular formula is C9H13N3O4. The second-order valence-electron chi connectivity index (χ2n) is 3.20. The summed E-state index contributed by atoms with van der Waals surface area (Å²) >= 11 is 0. The number of aromatic nitrogens is 1. The summed E-state index contributed by atoms with van der Waals surface area (Å²) < 4.78 is 10.1. The Balaban J connectivity index is 2.92. The minimum Gasteiger partial charge on any atom is -0.467 e. The highest BCUT2D eigenvalue weighted by Crippen LogP contribution is 2.26. The molecule has 0 aliphatic heterocycles. The van der Waals surface area contributed by atoms with Crippen LogP contribution < -0.4 is 10.5 Å². The van der Waals surface area contributed by atoms with Crippen LogP contribution in [0.15, 0.2) is 12.1 Å². The Bertz CT molecular complexity index is 383. The van der Waals surface area contributed by atoms with Gasteiger partial charge in [0, 0.05) is 13.2 Å². The number of nitro groups is 1. The molecule has 2 N–H and O–H groups in total. The summed E-state index contributed by atoms with van der Waals surface area (Å²) in [6, 6.07) is 2.61. The fourth-order valence-electron chi connectivity index (χ4n) is 1.13. The highest BCUT2D eigenvalue weighted by molar-refractivity contribution is 5.46. The zero-order chi connectivity index (χ0) is 12.1. The number of methoxy groups -OCH3 is 1. The van der Waals surface area contributed by atoms with E-state index in [-0.39, 0.29) is 23.5 Å². The molecule has 0 amide bonds. The average molecular weight is 227 g/mol. The fraction of sp³-hybridized carbons (Fsp3) is 0.444. The van der Waals surface area contributed by atoms with Gasteiger partial charge in [-0.05, 0) is 13.0 Å². The van der Waals surface area contributed by atoms with Gasteiger partial charge >= 0.3 is 5.69 Å². The second kappa shape index (κ2) is 5.26. The second-order valence-corrected chi connectivity index (χ2v) is 3.20. The highest BCUT2D eigenvalue weighted by Gasteiger charge is 2.19. The molecule has 0 aliphatic carbocycles. The maximum atomic E-state index is 10.7. The zero-order valence-corrected chi connectivity index (χ0v) is 9.04. The van der Waals surface area contributed by atoms with Crippen LogP contribution in [0, 0.1) is 10.1 Å². The molecule has 1 heterocycles. The van der Waals surface area contributed by atoms with Crippen LogP contribution in [0.2, 0.25) is 0 Å². The lowest BCUT2D eigenvalue weighted by Gasteiger charge is -2.12. The van der Waals surface area contributed by atoms with Gasteiger partial charge < -0.3 is 15.2 Å². The van der Waals surface area contributed by atoms with E-state index in [1.54, 1.807) is 6.92 Å². The SMILES string of the molecule is COCC(C)Oc1nc(N)ccc1[N+](=O)[O-]. The zero-order valence-electron chi connectivity index (χ0n) is 9.04. The number of ether oxygens (including phenoxy) is 2. The summed E-state index contributed by atoms with van der Waals surface area (Å²) in [7, 11) is 1.51. The van der Waals surface area contributed by atoms with E-state index in [1.807, 2.05) is 0 Å². The molecule has 0 fully saturated rings. The summed E-state index contributed by atoms with van der Waals surface area (Å²) in [6.45, 7) is 2.03. The van der Waals surface area contributed by atoms with Crippen LogP contribution in [0.4, 0.5) is 11.5 Å². The van der Waals surface area contributed by atoms with Crippen LogP contribution in [0.1, 0.15) is 6.92 Å². The summed E-state index contributed by atoms with van der Waals surface area (Å²) in [6.07, 6.45) is -0.335. The summed E-state index contributed by atoms with van der Waals surface area (Å²) in [5, 5.41) is 10.7. The van der Waals surface area contributed by atoms with Crippen LogP contribution in [0.3, 0.4) is 0 Å². The Morgan fingerprint density at radius 1 is 1.62 bits per heavy atom. The van der Waals surface area contributed by atoms with E-state index in [1.165, 1.54) is 19.2 Å². The lowest BCUT2D eigenvalue weighted by molar-refractivity contribution is -0.386. The van der Waals surface area contributed by atoms with Crippen molar-refractivity contribution in [1.82, 2.24) is 4.98 Å². The van der Waals surface area contributed by atoms with Crippen molar-refractivity contribution in [2.75, 3.05) is 19.5 Å². The predicted octanol–water partition coefficient (Wildman–Crippen LogP) is 0.986. The maximum Gasteiger partial charge on any atom is 0.331 e. The molecule has 7 heteroatoms. The molecule has 1 aromatic rings. The lowest BCUT2D eigenvalue weighted by Crippen LogP contribution is -2.19. The van der Waals surface area contributed by atoms with Crippen molar-refractivity contribution < 1.29 is 14.4 Å². The van der Waals surface area contributed by atoms with E-state index < -0.39 is 4.92 Å². The van der Waals surface area contributed by atoms with Crippen molar-refractivity contribution in [2.24, 2.45) is 0 Å². The molecule has 7 nitrogen and oxygen atoms in total. The topological polar surface area (TPSA) is 101 Å². The van der Waals surface area contributed by atoms with Crippen molar-refractivity contribution in [3.05, 3.63) is 22.2 Å². The van der Waals surface area contributed by atoms with E-state index >= 15 is 0 Å². The summed E-state index contributed by atoms with van der Waals surface area (Å²) in [5.41, 5.74) is 5.22. The molecule has 1 rings (SSSR count). The highest BCUT2D eigenvalue weighted by atomic mass is 16.6. The van der Waals surface area contributed by atoms with Gasteiger partial charge in [0.2, 0.25) is 0 Å². The Kier molecular flexibility index (Phi) is 4.01. The van der Waals surface area contributed by atoms with Gasteiger partial charge in [0.25, 0.3) is 5.88 Å². The number of nitrogen functional groups attached to an aromatic ring is 1. The predicted molar refractivity (Wildman–Crippen MR) is 57.3 cm³/mol. The Labute approximate surface area is 92.3 Å². The number of nitrogens with zero attached hydrogens (tertiary/aromatic N) is 2. The molecule has 0 aliphatic rings. The number of rotatable bonds is 5. The van der Waals surface area contributed by atoms with Crippen LogP contribution in [-0.4, -0.2) is 29.7 Å². The Morgan fingerprint density at radius 3 is 2.88 bits per heavy atom. The van der Waals surface area contributed by atoms with Gasteiger partial charge in [-0.15, -0.1) is 0 Å². The lowest BCUT2D eigenvalue weighted by atomic mass is 10.4. The minimum absolute atomic E-state index is 0.0884. The van der Waals surface area contributed by atoms with E-state index in [0.29, 0.717) is 6.61 Å². The van der Waals surface area contributed by atoms with E-state index in [2.05, 4.69) is 4.98 Å². The molecule has 88 valence electrons. The van der Waals surface area contributed by atoms with Gasteiger partial charge in [0.15, 0.2) is 0 Å². The fourth-order valence-corrected chi connectivity index (χ4v) is 1.13. The molecule has 0 bridgehead atoms.